The Balaban J connectivity index is 2.37. The highest BCUT2D eigenvalue weighted by Crippen LogP contribution is 2.35. The van der Waals surface area contributed by atoms with Crippen LogP contribution in [0.5, 0.6) is 5.75 Å². The molecule has 0 radical (unpaired) electrons. The normalized spacial score (nSPS) is 22.1. The molecule has 1 aromatic rings. The van der Waals surface area contributed by atoms with Crippen LogP contribution >= 0.6 is 15.9 Å². The molecule has 1 aromatic carbocycles. The van der Waals surface area contributed by atoms with Crippen molar-refractivity contribution in [2.24, 2.45) is 0 Å². The number of benzene rings is 1. The number of hydrogen-bond donors (Lipinski definition) is 2. The first kappa shape index (κ1) is 9.03. The summed E-state index contributed by atoms with van der Waals surface area (Å²) in [5.41, 5.74) is 1.05. The smallest absolute Gasteiger partial charge is 0.120 e. The number of phenols is 1. The summed E-state index contributed by atoms with van der Waals surface area (Å²) in [7, 11) is 0. The van der Waals surface area contributed by atoms with Gasteiger partial charge in [0.25, 0.3) is 0 Å². The summed E-state index contributed by atoms with van der Waals surface area (Å²) in [6.45, 7) is 2.02. The highest BCUT2D eigenvalue weighted by Gasteiger charge is 2.21. The molecule has 70 valence electrons. The Hall–Kier alpha value is -0.540. The first-order valence-electron chi connectivity index (χ1n) is 4.47. The van der Waals surface area contributed by atoms with E-state index >= 15 is 0 Å². The molecule has 1 aliphatic heterocycles. The number of aromatic hydroxyl groups is 1. The number of hydrogen-bond acceptors (Lipinski definition) is 2. The molecule has 0 amide bonds. The summed E-state index contributed by atoms with van der Waals surface area (Å²) < 4.78 is 1.02. The van der Waals surface area contributed by atoms with Crippen LogP contribution in [0.25, 0.3) is 0 Å². The average Bonchev–Trinajstić information content (AvgIpc) is 2.57. The molecule has 0 aromatic heterocycles. The molecule has 1 fully saturated rings. The van der Waals surface area contributed by atoms with Gasteiger partial charge in [-0.25, -0.2) is 0 Å². The molecular weight excluding hydrogens is 230 g/mol. The third-order valence-corrected chi connectivity index (χ3v) is 3.19. The molecule has 1 aliphatic rings. The summed E-state index contributed by atoms with van der Waals surface area (Å²) in [5.74, 6) is 0.860. The predicted octanol–water partition coefficient (Wildman–Crippen LogP) is 2.23. The molecule has 0 saturated carbocycles. The Labute approximate surface area is 86.1 Å². The SMILES string of the molecule is Oc1cccc(Br)c1C1CCNC1. The Bertz CT molecular complexity index is 288. The van der Waals surface area contributed by atoms with Crippen molar-refractivity contribution in [1.29, 1.82) is 0 Å². The van der Waals surface area contributed by atoms with E-state index in [2.05, 4.69) is 21.2 Å². The molecule has 2 nitrogen and oxygen atoms in total. The van der Waals surface area contributed by atoms with E-state index < -0.39 is 0 Å². The predicted molar refractivity (Wildman–Crippen MR) is 56.0 cm³/mol. The second-order valence-electron chi connectivity index (χ2n) is 3.36. The molecule has 13 heavy (non-hydrogen) atoms. The van der Waals surface area contributed by atoms with Gasteiger partial charge in [0.15, 0.2) is 0 Å². The number of nitrogens with one attached hydrogen (secondary N) is 1. The molecule has 1 heterocycles. The quantitative estimate of drug-likeness (QED) is 0.791. The van der Waals surface area contributed by atoms with Crippen LogP contribution in [-0.4, -0.2) is 18.2 Å². The van der Waals surface area contributed by atoms with Crippen LogP contribution in [-0.2, 0) is 0 Å². The van der Waals surface area contributed by atoms with Crippen molar-refractivity contribution in [3.05, 3.63) is 28.2 Å². The lowest BCUT2D eigenvalue weighted by Gasteiger charge is -2.12. The van der Waals surface area contributed by atoms with Gasteiger partial charge in [-0.3, -0.25) is 0 Å². The van der Waals surface area contributed by atoms with Crippen molar-refractivity contribution in [3.63, 3.8) is 0 Å². The van der Waals surface area contributed by atoms with E-state index in [0.717, 1.165) is 29.5 Å². The minimum Gasteiger partial charge on any atom is -0.508 e. The van der Waals surface area contributed by atoms with Crippen LogP contribution in [0.2, 0.25) is 0 Å². The third-order valence-electron chi connectivity index (χ3n) is 2.50. The van der Waals surface area contributed by atoms with Crippen LogP contribution in [0.4, 0.5) is 0 Å². The standard InChI is InChI=1S/C10H12BrNO/c11-8-2-1-3-9(13)10(8)7-4-5-12-6-7/h1-3,7,12-13H,4-6H2. The molecular formula is C10H12BrNO. The lowest BCUT2D eigenvalue weighted by atomic mass is 9.98. The van der Waals surface area contributed by atoms with E-state index in [1.54, 1.807) is 6.07 Å². The summed E-state index contributed by atoms with van der Waals surface area (Å²) in [5, 5.41) is 13.0. The van der Waals surface area contributed by atoms with Crippen molar-refractivity contribution in [1.82, 2.24) is 5.32 Å². The van der Waals surface area contributed by atoms with Crippen LogP contribution in [0.3, 0.4) is 0 Å². The van der Waals surface area contributed by atoms with Crippen molar-refractivity contribution >= 4 is 15.9 Å². The molecule has 0 bridgehead atoms. The van der Waals surface area contributed by atoms with Crippen molar-refractivity contribution in [3.8, 4) is 5.75 Å². The van der Waals surface area contributed by atoms with Gasteiger partial charge >= 0.3 is 0 Å². The first-order chi connectivity index (χ1) is 6.29. The molecule has 3 heteroatoms. The summed E-state index contributed by atoms with van der Waals surface area (Å²) in [6, 6.07) is 5.58. The summed E-state index contributed by atoms with van der Waals surface area (Å²) in [6.07, 6.45) is 1.11. The molecule has 1 saturated heterocycles. The minimum atomic E-state index is 0.406. The highest BCUT2D eigenvalue weighted by molar-refractivity contribution is 9.10. The maximum Gasteiger partial charge on any atom is 0.120 e. The van der Waals surface area contributed by atoms with Crippen LogP contribution in [0.15, 0.2) is 22.7 Å². The second kappa shape index (κ2) is 3.68. The fourth-order valence-corrected chi connectivity index (χ4v) is 2.51. The number of phenolic OH excluding ortho intramolecular Hbond substituents is 1. The van der Waals surface area contributed by atoms with E-state index in [9.17, 15) is 5.11 Å². The zero-order valence-corrected chi connectivity index (χ0v) is 8.84. The average molecular weight is 242 g/mol. The Morgan fingerprint density at radius 1 is 1.46 bits per heavy atom. The van der Waals surface area contributed by atoms with Crippen LogP contribution < -0.4 is 5.32 Å². The molecule has 2 N–H and O–H groups in total. The lowest BCUT2D eigenvalue weighted by molar-refractivity contribution is 0.462. The topological polar surface area (TPSA) is 32.3 Å². The molecule has 0 spiro atoms. The van der Waals surface area contributed by atoms with E-state index in [4.69, 9.17) is 0 Å². The van der Waals surface area contributed by atoms with Gasteiger partial charge < -0.3 is 10.4 Å². The Kier molecular flexibility index (Phi) is 2.56. The lowest BCUT2D eigenvalue weighted by Crippen LogP contribution is -2.08. The van der Waals surface area contributed by atoms with E-state index in [1.165, 1.54) is 0 Å². The summed E-state index contributed by atoms with van der Waals surface area (Å²) in [4.78, 5) is 0. The largest absolute Gasteiger partial charge is 0.508 e. The first-order valence-corrected chi connectivity index (χ1v) is 5.26. The highest BCUT2D eigenvalue weighted by atomic mass is 79.9. The Morgan fingerprint density at radius 2 is 2.31 bits per heavy atom. The Morgan fingerprint density at radius 3 is 2.92 bits per heavy atom. The fraction of sp³-hybridized carbons (Fsp3) is 0.400. The van der Waals surface area contributed by atoms with Crippen LogP contribution in [0, 0.1) is 0 Å². The van der Waals surface area contributed by atoms with Crippen molar-refractivity contribution < 1.29 is 5.11 Å². The van der Waals surface area contributed by atoms with Gasteiger partial charge in [-0.2, -0.15) is 0 Å². The van der Waals surface area contributed by atoms with E-state index in [-0.39, 0.29) is 0 Å². The maximum atomic E-state index is 9.69. The van der Waals surface area contributed by atoms with Gasteiger partial charge in [0.2, 0.25) is 0 Å². The monoisotopic (exact) mass is 241 g/mol. The molecule has 0 aliphatic carbocycles. The van der Waals surface area contributed by atoms with Gasteiger partial charge in [-0.15, -0.1) is 0 Å². The van der Waals surface area contributed by atoms with Gasteiger partial charge in [0, 0.05) is 22.5 Å². The number of rotatable bonds is 1. The minimum absolute atomic E-state index is 0.406. The zero-order valence-electron chi connectivity index (χ0n) is 7.26. The molecule has 1 unspecified atom stereocenters. The third kappa shape index (κ3) is 1.71. The van der Waals surface area contributed by atoms with Gasteiger partial charge in [-0.05, 0) is 25.1 Å². The number of halogens is 1. The van der Waals surface area contributed by atoms with Crippen LogP contribution in [0.1, 0.15) is 17.9 Å². The molecule has 1 atom stereocenters. The zero-order chi connectivity index (χ0) is 9.26. The van der Waals surface area contributed by atoms with Crippen molar-refractivity contribution in [2.45, 2.75) is 12.3 Å². The van der Waals surface area contributed by atoms with Gasteiger partial charge in [0.1, 0.15) is 5.75 Å². The molecule has 2 rings (SSSR count). The van der Waals surface area contributed by atoms with Gasteiger partial charge in [0.05, 0.1) is 0 Å². The van der Waals surface area contributed by atoms with E-state index in [1.807, 2.05) is 12.1 Å². The fourth-order valence-electron chi connectivity index (χ4n) is 1.83. The maximum absolute atomic E-state index is 9.69. The summed E-state index contributed by atoms with van der Waals surface area (Å²) >= 11 is 3.47. The van der Waals surface area contributed by atoms with E-state index in [0.29, 0.717) is 11.7 Å². The van der Waals surface area contributed by atoms with Gasteiger partial charge in [-0.1, -0.05) is 22.0 Å². The van der Waals surface area contributed by atoms with Crippen molar-refractivity contribution in [2.75, 3.05) is 13.1 Å². The second-order valence-corrected chi connectivity index (χ2v) is 4.22.